The summed E-state index contributed by atoms with van der Waals surface area (Å²) in [7, 11) is 0. The van der Waals surface area contributed by atoms with E-state index in [4.69, 9.17) is 21.1 Å². The van der Waals surface area contributed by atoms with Gasteiger partial charge >= 0.3 is 0 Å². The Labute approximate surface area is 159 Å². The Morgan fingerprint density at radius 1 is 1.23 bits per heavy atom. The van der Waals surface area contributed by atoms with Crippen molar-refractivity contribution in [2.45, 2.75) is 33.8 Å². The van der Waals surface area contributed by atoms with Gasteiger partial charge in [0, 0.05) is 5.02 Å². The van der Waals surface area contributed by atoms with Gasteiger partial charge in [0.1, 0.15) is 11.5 Å². The zero-order valence-electron chi connectivity index (χ0n) is 15.4. The Bertz CT molecular complexity index is 788. The average Bonchev–Trinajstić information content (AvgIpc) is 2.62. The molecule has 0 fully saturated rings. The lowest BCUT2D eigenvalue weighted by Crippen LogP contribution is -2.34. The predicted octanol–water partition coefficient (Wildman–Crippen LogP) is 4.35. The van der Waals surface area contributed by atoms with Crippen molar-refractivity contribution in [3.8, 4) is 11.5 Å². The van der Waals surface area contributed by atoms with E-state index in [-0.39, 0.29) is 5.91 Å². The van der Waals surface area contributed by atoms with Crippen molar-refractivity contribution in [2.24, 2.45) is 5.10 Å². The van der Waals surface area contributed by atoms with Gasteiger partial charge in [-0.3, -0.25) is 4.79 Å². The highest BCUT2D eigenvalue weighted by atomic mass is 35.5. The van der Waals surface area contributed by atoms with Crippen LogP contribution >= 0.6 is 11.6 Å². The van der Waals surface area contributed by atoms with Crippen LogP contribution in [0.2, 0.25) is 5.02 Å². The molecule has 6 heteroatoms. The maximum atomic E-state index is 12.2. The second-order valence-corrected chi connectivity index (χ2v) is 6.24. The molecule has 0 spiro atoms. The summed E-state index contributed by atoms with van der Waals surface area (Å²) in [5, 5.41) is 4.77. The number of hydrazone groups is 1. The predicted molar refractivity (Wildman–Crippen MR) is 104 cm³/mol. The molecular formula is C20H23ClN2O3. The molecule has 5 nitrogen and oxygen atoms in total. The lowest BCUT2D eigenvalue weighted by molar-refractivity contribution is -0.127. The van der Waals surface area contributed by atoms with Crippen molar-refractivity contribution in [1.82, 2.24) is 5.43 Å². The van der Waals surface area contributed by atoms with Crippen molar-refractivity contribution < 1.29 is 14.3 Å². The first-order chi connectivity index (χ1) is 12.4. The molecule has 1 N–H and O–H groups in total. The number of carbonyl (C=O) groups is 1. The van der Waals surface area contributed by atoms with E-state index in [1.165, 1.54) is 0 Å². The van der Waals surface area contributed by atoms with Crippen LogP contribution in [-0.4, -0.2) is 24.3 Å². The summed E-state index contributed by atoms with van der Waals surface area (Å²) >= 11 is 5.93. The van der Waals surface area contributed by atoms with Crippen LogP contribution in [0.15, 0.2) is 47.6 Å². The number of ether oxygens (including phenoxy) is 2. The molecule has 0 aliphatic heterocycles. The van der Waals surface area contributed by atoms with Crippen LogP contribution in [-0.2, 0) is 4.79 Å². The maximum absolute atomic E-state index is 12.2. The molecule has 138 valence electrons. The molecule has 0 aliphatic rings. The molecule has 0 aromatic heterocycles. The van der Waals surface area contributed by atoms with Crippen molar-refractivity contribution in [1.29, 1.82) is 0 Å². The Hall–Kier alpha value is -2.53. The number of aryl methyl sites for hydroxylation is 1. The smallest absolute Gasteiger partial charge is 0.280 e. The van der Waals surface area contributed by atoms with E-state index in [0.717, 1.165) is 16.9 Å². The number of halogens is 1. The Kier molecular flexibility index (Phi) is 7.04. The summed E-state index contributed by atoms with van der Waals surface area (Å²) < 4.78 is 11.1. The Morgan fingerprint density at radius 2 is 1.92 bits per heavy atom. The summed E-state index contributed by atoms with van der Waals surface area (Å²) in [5.74, 6) is 1.09. The molecule has 2 rings (SSSR count). The number of nitrogens with one attached hydrogen (secondary N) is 1. The van der Waals surface area contributed by atoms with E-state index in [2.05, 4.69) is 10.5 Å². The zero-order chi connectivity index (χ0) is 19.1. The molecule has 1 amide bonds. The minimum Gasteiger partial charge on any atom is -0.494 e. The largest absolute Gasteiger partial charge is 0.494 e. The first-order valence-corrected chi connectivity index (χ1v) is 8.78. The normalized spacial score (nSPS) is 12.4. The minimum absolute atomic E-state index is 0.329. The SMILES string of the molecule is CCOc1ccc(/C(C)=N/NC(=O)C(C)Oc2ccc(Cl)cc2C)cc1. The molecule has 2 aromatic carbocycles. The van der Waals surface area contributed by atoms with E-state index in [1.54, 1.807) is 25.1 Å². The van der Waals surface area contributed by atoms with Gasteiger partial charge in [-0.25, -0.2) is 5.43 Å². The molecule has 0 radical (unpaired) electrons. The monoisotopic (exact) mass is 374 g/mol. The molecule has 0 aliphatic carbocycles. The van der Waals surface area contributed by atoms with Gasteiger partial charge in [0.25, 0.3) is 5.91 Å². The molecule has 1 atom stereocenters. The fourth-order valence-electron chi connectivity index (χ4n) is 2.24. The van der Waals surface area contributed by atoms with Crippen molar-refractivity contribution in [2.75, 3.05) is 6.61 Å². The van der Waals surface area contributed by atoms with Gasteiger partial charge in [-0.2, -0.15) is 5.10 Å². The number of amides is 1. The summed E-state index contributed by atoms with van der Waals surface area (Å²) in [6.07, 6.45) is -0.688. The fraction of sp³-hybridized carbons (Fsp3) is 0.300. The van der Waals surface area contributed by atoms with E-state index in [1.807, 2.05) is 45.0 Å². The minimum atomic E-state index is -0.688. The Balaban J connectivity index is 1.96. The molecule has 0 saturated heterocycles. The van der Waals surface area contributed by atoms with E-state index in [0.29, 0.717) is 23.1 Å². The van der Waals surface area contributed by atoms with Crippen molar-refractivity contribution >= 4 is 23.2 Å². The number of rotatable bonds is 7. The van der Waals surface area contributed by atoms with Crippen LogP contribution in [0, 0.1) is 6.92 Å². The van der Waals surface area contributed by atoms with Gasteiger partial charge in [0.15, 0.2) is 6.10 Å². The molecular weight excluding hydrogens is 352 g/mol. The topological polar surface area (TPSA) is 59.9 Å². The maximum Gasteiger partial charge on any atom is 0.280 e. The summed E-state index contributed by atoms with van der Waals surface area (Å²) in [6.45, 7) is 7.92. The van der Waals surface area contributed by atoms with Crippen LogP contribution < -0.4 is 14.9 Å². The first kappa shape index (κ1) is 19.8. The molecule has 2 aromatic rings. The molecule has 1 unspecified atom stereocenters. The molecule has 0 bridgehead atoms. The highest BCUT2D eigenvalue weighted by Crippen LogP contribution is 2.22. The Morgan fingerprint density at radius 3 is 2.54 bits per heavy atom. The highest BCUT2D eigenvalue weighted by Gasteiger charge is 2.15. The molecule has 26 heavy (non-hydrogen) atoms. The quantitative estimate of drug-likeness (QED) is 0.578. The number of nitrogens with zero attached hydrogens (tertiary/aromatic N) is 1. The van der Waals surface area contributed by atoms with Crippen LogP contribution in [0.4, 0.5) is 0 Å². The van der Waals surface area contributed by atoms with Gasteiger partial charge < -0.3 is 9.47 Å². The van der Waals surface area contributed by atoms with Crippen molar-refractivity contribution in [3.05, 3.63) is 58.6 Å². The highest BCUT2D eigenvalue weighted by molar-refractivity contribution is 6.30. The molecule has 0 saturated carbocycles. The summed E-state index contributed by atoms with van der Waals surface area (Å²) in [4.78, 5) is 12.2. The van der Waals surface area contributed by atoms with E-state index in [9.17, 15) is 4.79 Å². The van der Waals surface area contributed by atoms with Gasteiger partial charge in [0.05, 0.1) is 12.3 Å². The second kappa shape index (κ2) is 9.25. The third kappa shape index (κ3) is 5.49. The van der Waals surface area contributed by atoms with Crippen LogP contribution in [0.5, 0.6) is 11.5 Å². The molecule has 0 heterocycles. The third-order valence-electron chi connectivity index (χ3n) is 3.73. The lowest BCUT2D eigenvalue weighted by Gasteiger charge is -2.15. The first-order valence-electron chi connectivity index (χ1n) is 8.41. The number of carbonyl (C=O) groups excluding carboxylic acids is 1. The summed E-state index contributed by atoms with van der Waals surface area (Å²) in [6, 6.07) is 12.8. The van der Waals surface area contributed by atoms with E-state index < -0.39 is 6.10 Å². The zero-order valence-corrected chi connectivity index (χ0v) is 16.1. The summed E-state index contributed by atoms with van der Waals surface area (Å²) in [5.41, 5.74) is 5.00. The number of benzene rings is 2. The fourth-order valence-corrected chi connectivity index (χ4v) is 2.47. The van der Waals surface area contributed by atoms with Gasteiger partial charge in [-0.05, 0) is 81.3 Å². The standard InChI is InChI=1S/C20H23ClN2O3/c1-5-25-18-9-6-16(7-10-18)14(3)22-23-20(24)15(4)26-19-11-8-17(21)12-13(19)2/h6-12,15H,5H2,1-4H3,(H,23,24)/b22-14+. The number of hydrogen-bond donors (Lipinski definition) is 1. The lowest BCUT2D eigenvalue weighted by atomic mass is 10.1. The van der Waals surface area contributed by atoms with Crippen LogP contribution in [0.1, 0.15) is 31.9 Å². The van der Waals surface area contributed by atoms with Gasteiger partial charge in [-0.1, -0.05) is 11.6 Å². The number of hydrogen-bond acceptors (Lipinski definition) is 4. The van der Waals surface area contributed by atoms with Gasteiger partial charge in [0.2, 0.25) is 0 Å². The van der Waals surface area contributed by atoms with Crippen LogP contribution in [0.3, 0.4) is 0 Å². The van der Waals surface area contributed by atoms with Crippen LogP contribution in [0.25, 0.3) is 0 Å². The average molecular weight is 375 g/mol. The third-order valence-corrected chi connectivity index (χ3v) is 3.96. The van der Waals surface area contributed by atoms with E-state index >= 15 is 0 Å². The van der Waals surface area contributed by atoms with Gasteiger partial charge in [-0.15, -0.1) is 0 Å². The second-order valence-electron chi connectivity index (χ2n) is 5.80. The van der Waals surface area contributed by atoms with Crippen molar-refractivity contribution in [3.63, 3.8) is 0 Å².